The standard InChI is InChI=1S/C15H22N4O2/c1-9(14(20)18-11-5-6-11)17-15(21)12-8-10(16)4-7-13(12)19(2)3/h4,7-9,11H,5-6,16H2,1-3H3,(H,17,21)(H,18,20). The number of nitrogens with zero attached hydrogens (tertiary/aromatic N) is 1. The molecule has 0 aromatic heterocycles. The highest BCUT2D eigenvalue weighted by Gasteiger charge is 2.26. The summed E-state index contributed by atoms with van der Waals surface area (Å²) in [6.07, 6.45) is 2.04. The molecule has 0 heterocycles. The van der Waals surface area contributed by atoms with Crippen molar-refractivity contribution in [3.63, 3.8) is 0 Å². The highest BCUT2D eigenvalue weighted by Crippen LogP contribution is 2.22. The second-order valence-electron chi connectivity index (χ2n) is 5.65. The van der Waals surface area contributed by atoms with Crippen LogP contribution in [0.5, 0.6) is 0 Å². The van der Waals surface area contributed by atoms with Gasteiger partial charge in [0.05, 0.1) is 5.56 Å². The van der Waals surface area contributed by atoms with Crippen molar-refractivity contribution in [2.75, 3.05) is 24.7 Å². The van der Waals surface area contributed by atoms with E-state index in [-0.39, 0.29) is 17.9 Å². The molecular formula is C15H22N4O2. The zero-order chi connectivity index (χ0) is 15.6. The van der Waals surface area contributed by atoms with Crippen molar-refractivity contribution in [3.8, 4) is 0 Å². The summed E-state index contributed by atoms with van der Waals surface area (Å²) in [4.78, 5) is 26.1. The van der Waals surface area contributed by atoms with Gasteiger partial charge < -0.3 is 21.3 Å². The normalized spacial score (nSPS) is 15.2. The molecule has 0 aliphatic heterocycles. The van der Waals surface area contributed by atoms with Crippen LogP contribution in [0.1, 0.15) is 30.1 Å². The Balaban J connectivity index is 2.08. The van der Waals surface area contributed by atoms with Crippen LogP contribution in [0.4, 0.5) is 11.4 Å². The van der Waals surface area contributed by atoms with Crippen LogP contribution in [0, 0.1) is 0 Å². The van der Waals surface area contributed by atoms with Gasteiger partial charge in [-0.3, -0.25) is 9.59 Å². The fourth-order valence-corrected chi connectivity index (χ4v) is 2.02. The molecule has 4 N–H and O–H groups in total. The smallest absolute Gasteiger partial charge is 0.254 e. The summed E-state index contributed by atoms with van der Waals surface area (Å²) < 4.78 is 0. The number of hydrogen-bond donors (Lipinski definition) is 3. The van der Waals surface area contributed by atoms with E-state index in [1.165, 1.54) is 0 Å². The molecule has 1 aliphatic rings. The summed E-state index contributed by atoms with van der Waals surface area (Å²) in [5, 5.41) is 5.59. The number of rotatable bonds is 5. The number of carbonyl (C=O) groups excluding carboxylic acids is 2. The first kappa shape index (κ1) is 15.2. The Morgan fingerprint density at radius 3 is 2.57 bits per heavy atom. The van der Waals surface area contributed by atoms with E-state index in [4.69, 9.17) is 5.73 Å². The maximum absolute atomic E-state index is 12.4. The Hall–Kier alpha value is -2.24. The van der Waals surface area contributed by atoms with Crippen molar-refractivity contribution in [2.45, 2.75) is 31.8 Å². The zero-order valence-electron chi connectivity index (χ0n) is 12.6. The topological polar surface area (TPSA) is 87.5 Å². The molecule has 0 radical (unpaired) electrons. The number of hydrogen-bond acceptors (Lipinski definition) is 4. The average molecular weight is 290 g/mol. The van der Waals surface area contributed by atoms with Gasteiger partial charge in [0, 0.05) is 31.5 Å². The lowest BCUT2D eigenvalue weighted by atomic mass is 10.1. The summed E-state index contributed by atoms with van der Waals surface area (Å²) in [6.45, 7) is 1.68. The summed E-state index contributed by atoms with van der Waals surface area (Å²) in [7, 11) is 3.71. The summed E-state index contributed by atoms with van der Waals surface area (Å²) >= 11 is 0. The first-order valence-corrected chi connectivity index (χ1v) is 7.06. The molecule has 1 unspecified atom stereocenters. The average Bonchev–Trinajstić information content (AvgIpc) is 3.21. The highest BCUT2D eigenvalue weighted by atomic mass is 16.2. The predicted molar refractivity (Wildman–Crippen MR) is 83.3 cm³/mol. The molecule has 0 saturated heterocycles. The van der Waals surface area contributed by atoms with Gasteiger partial charge in [0.2, 0.25) is 5.91 Å². The van der Waals surface area contributed by atoms with Gasteiger partial charge >= 0.3 is 0 Å². The van der Waals surface area contributed by atoms with Crippen LogP contribution >= 0.6 is 0 Å². The van der Waals surface area contributed by atoms with Gasteiger partial charge in [-0.2, -0.15) is 0 Å². The van der Waals surface area contributed by atoms with E-state index < -0.39 is 6.04 Å². The number of nitrogens with one attached hydrogen (secondary N) is 2. The Morgan fingerprint density at radius 2 is 2.00 bits per heavy atom. The van der Waals surface area contributed by atoms with E-state index in [0.717, 1.165) is 18.5 Å². The number of nitrogen functional groups attached to an aromatic ring is 1. The molecule has 114 valence electrons. The third-order valence-electron chi connectivity index (χ3n) is 3.41. The van der Waals surface area contributed by atoms with E-state index >= 15 is 0 Å². The van der Waals surface area contributed by atoms with Crippen LogP contribution in [0.15, 0.2) is 18.2 Å². The molecule has 1 atom stereocenters. The largest absolute Gasteiger partial charge is 0.399 e. The molecule has 1 aromatic carbocycles. The fraction of sp³-hybridized carbons (Fsp3) is 0.467. The quantitative estimate of drug-likeness (QED) is 0.698. The molecule has 0 bridgehead atoms. The molecule has 1 saturated carbocycles. The minimum atomic E-state index is -0.574. The van der Waals surface area contributed by atoms with Gasteiger partial charge in [-0.25, -0.2) is 0 Å². The molecule has 6 nitrogen and oxygen atoms in total. The number of carbonyl (C=O) groups is 2. The van der Waals surface area contributed by atoms with Crippen molar-refractivity contribution in [1.82, 2.24) is 10.6 Å². The Labute approximate surface area is 124 Å². The van der Waals surface area contributed by atoms with Crippen LogP contribution in [-0.2, 0) is 4.79 Å². The van der Waals surface area contributed by atoms with E-state index in [1.807, 2.05) is 19.0 Å². The fourth-order valence-electron chi connectivity index (χ4n) is 2.02. The third-order valence-corrected chi connectivity index (χ3v) is 3.41. The van der Waals surface area contributed by atoms with E-state index in [2.05, 4.69) is 10.6 Å². The summed E-state index contributed by atoms with van der Waals surface area (Å²) in [5.74, 6) is -0.453. The zero-order valence-corrected chi connectivity index (χ0v) is 12.6. The number of anilines is 2. The second-order valence-corrected chi connectivity index (χ2v) is 5.65. The Kier molecular flexibility index (Phi) is 4.35. The molecule has 1 aromatic rings. The number of nitrogens with two attached hydrogens (primary N) is 1. The van der Waals surface area contributed by atoms with Gasteiger partial charge in [-0.05, 0) is 38.0 Å². The van der Waals surface area contributed by atoms with Gasteiger partial charge in [0.25, 0.3) is 5.91 Å². The number of amides is 2. The minimum absolute atomic E-state index is 0.152. The molecule has 1 fully saturated rings. The maximum atomic E-state index is 12.4. The molecule has 6 heteroatoms. The first-order chi connectivity index (χ1) is 9.88. The van der Waals surface area contributed by atoms with Crippen molar-refractivity contribution < 1.29 is 9.59 Å². The van der Waals surface area contributed by atoms with Crippen molar-refractivity contribution in [1.29, 1.82) is 0 Å². The van der Waals surface area contributed by atoms with Gasteiger partial charge in [-0.1, -0.05) is 0 Å². The van der Waals surface area contributed by atoms with Crippen LogP contribution < -0.4 is 21.3 Å². The van der Waals surface area contributed by atoms with Crippen LogP contribution in [-0.4, -0.2) is 38.0 Å². The highest BCUT2D eigenvalue weighted by molar-refractivity contribution is 6.02. The Morgan fingerprint density at radius 1 is 1.33 bits per heavy atom. The van der Waals surface area contributed by atoms with Gasteiger partial charge in [0.1, 0.15) is 6.04 Å². The Bertz CT molecular complexity index is 553. The van der Waals surface area contributed by atoms with Crippen molar-refractivity contribution >= 4 is 23.2 Å². The molecule has 2 rings (SSSR count). The molecule has 0 spiro atoms. The van der Waals surface area contributed by atoms with E-state index in [0.29, 0.717) is 11.3 Å². The van der Waals surface area contributed by atoms with Gasteiger partial charge in [-0.15, -0.1) is 0 Å². The maximum Gasteiger partial charge on any atom is 0.254 e. The van der Waals surface area contributed by atoms with Crippen molar-refractivity contribution in [2.24, 2.45) is 0 Å². The minimum Gasteiger partial charge on any atom is -0.399 e. The SMILES string of the molecule is CC(NC(=O)c1cc(N)ccc1N(C)C)C(=O)NC1CC1. The lowest BCUT2D eigenvalue weighted by Gasteiger charge is -2.19. The van der Waals surface area contributed by atoms with E-state index in [1.54, 1.807) is 25.1 Å². The summed E-state index contributed by atoms with van der Waals surface area (Å²) in [6, 6.07) is 4.86. The van der Waals surface area contributed by atoms with Crippen LogP contribution in [0.25, 0.3) is 0 Å². The van der Waals surface area contributed by atoms with Gasteiger partial charge in [0.15, 0.2) is 0 Å². The van der Waals surface area contributed by atoms with E-state index in [9.17, 15) is 9.59 Å². The summed E-state index contributed by atoms with van der Waals surface area (Å²) in [5.41, 5.74) is 7.49. The van der Waals surface area contributed by atoms with Crippen molar-refractivity contribution in [3.05, 3.63) is 23.8 Å². The molecule has 2 amide bonds. The third kappa shape index (κ3) is 3.87. The monoisotopic (exact) mass is 290 g/mol. The predicted octanol–water partition coefficient (Wildman–Crippen LogP) is 0.732. The molecular weight excluding hydrogens is 268 g/mol. The molecule has 21 heavy (non-hydrogen) atoms. The van der Waals surface area contributed by atoms with Crippen LogP contribution in [0.3, 0.4) is 0 Å². The first-order valence-electron chi connectivity index (χ1n) is 7.06. The van der Waals surface area contributed by atoms with Crippen LogP contribution in [0.2, 0.25) is 0 Å². The molecule has 1 aliphatic carbocycles. The second kappa shape index (κ2) is 6.03. The lowest BCUT2D eigenvalue weighted by Crippen LogP contribution is -2.45. The number of benzene rings is 1. The lowest BCUT2D eigenvalue weighted by molar-refractivity contribution is -0.122.